The van der Waals surface area contributed by atoms with Gasteiger partial charge in [-0.15, -0.1) is 12.4 Å². The van der Waals surface area contributed by atoms with Crippen LogP contribution < -0.4 is 10.6 Å². The predicted molar refractivity (Wildman–Crippen MR) is 61.8 cm³/mol. The van der Waals surface area contributed by atoms with Crippen molar-refractivity contribution < 1.29 is 4.39 Å². The quantitative estimate of drug-likeness (QED) is 0.826. The van der Waals surface area contributed by atoms with Gasteiger partial charge in [0.25, 0.3) is 0 Å². The van der Waals surface area contributed by atoms with Gasteiger partial charge in [-0.2, -0.15) is 0 Å². The third-order valence-electron chi connectivity index (χ3n) is 2.57. The number of hydrogen-bond donors (Lipinski definition) is 2. The lowest BCUT2D eigenvalue weighted by Crippen LogP contribution is -2.30. The molecule has 84 valence electrons. The molecule has 0 amide bonds. The van der Waals surface area contributed by atoms with Crippen molar-refractivity contribution in [2.24, 2.45) is 0 Å². The molecule has 0 bridgehead atoms. The summed E-state index contributed by atoms with van der Waals surface area (Å²) < 4.78 is 12.6. The van der Waals surface area contributed by atoms with Crippen LogP contribution in [0.2, 0.25) is 0 Å². The van der Waals surface area contributed by atoms with Gasteiger partial charge in [-0.3, -0.25) is 0 Å². The summed E-state index contributed by atoms with van der Waals surface area (Å²) in [5.41, 5.74) is 1.14. The van der Waals surface area contributed by atoms with Crippen molar-refractivity contribution in [2.75, 3.05) is 13.1 Å². The van der Waals surface area contributed by atoms with E-state index >= 15 is 0 Å². The first kappa shape index (κ1) is 12.4. The average molecular weight is 231 g/mol. The van der Waals surface area contributed by atoms with E-state index in [1.807, 2.05) is 12.1 Å². The Morgan fingerprint density at radius 3 is 2.67 bits per heavy atom. The van der Waals surface area contributed by atoms with E-state index in [1.165, 1.54) is 18.6 Å². The van der Waals surface area contributed by atoms with Crippen molar-refractivity contribution in [3.8, 4) is 0 Å². The van der Waals surface area contributed by atoms with Crippen LogP contribution in [-0.2, 0) is 6.54 Å². The van der Waals surface area contributed by atoms with Gasteiger partial charge in [0.2, 0.25) is 0 Å². The first-order valence-corrected chi connectivity index (χ1v) is 5.03. The zero-order chi connectivity index (χ0) is 9.80. The van der Waals surface area contributed by atoms with Gasteiger partial charge in [0, 0.05) is 19.1 Å². The molecule has 0 aliphatic carbocycles. The molecule has 0 spiro atoms. The van der Waals surface area contributed by atoms with Crippen LogP contribution in [0.5, 0.6) is 0 Å². The molecule has 1 fully saturated rings. The SMILES string of the molecule is Cl.Fc1ccc(CN[C@H]2CCNC2)cc1. The minimum absolute atomic E-state index is 0. The van der Waals surface area contributed by atoms with E-state index in [2.05, 4.69) is 10.6 Å². The third kappa shape index (κ3) is 3.78. The molecule has 1 aromatic carbocycles. The largest absolute Gasteiger partial charge is 0.315 e. The van der Waals surface area contributed by atoms with Gasteiger partial charge in [0.05, 0.1) is 0 Å². The molecule has 1 atom stereocenters. The molecular formula is C11H16ClFN2. The van der Waals surface area contributed by atoms with Gasteiger partial charge >= 0.3 is 0 Å². The molecule has 0 aromatic heterocycles. The Bertz CT molecular complexity index is 283. The zero-order valence-corrected chi connectivity index (χ0v) is 9.32. The number of rotatable bonds is 3. The second kappa shape index (κ2) is 6.05. The van der Waals surface area contributed by atoms with Crippen LogP contribution in [0, 0.1) is 5.82 Å². The van der Waals surface area contributed by atoms with Crippen LogP contribution in [-0.4, -0.2) is 19.1 Å². The number of hydrogen-bond acceptors (Lipinski definition) is 2. The zero-order valence-electron chi connectivity index (χ0n) is 8.50. The normalized spacial score (nSPS) is 19.9. The van der Waals surface area contributed by atoms with Gasteiger partial charge in [-0.25, -0.2) is 4.39 Å². The molecule has 1 aliphatic rings. The molecule has 1 saturated heterocycles. The Labute approximate surface area is 95.7 Å². The van der Waals surface area contributed by atoms with E-state index in [1.54, 1.807) is 0 Å². The van der Waals surface area contributed by atoms with Gasteiger partial charge < -0.3 is 10.6 Å². The Kier molecular flexibility index (Phi) is 5.02. The van der Waals surface area contributed by atoms with Crippen LogP contribution in [0.1, 0.15) is 12.0 Å². The summed E-state index contributed by atoms with van der Waals surface area (Å²) in [7, 11) is 0. The Morgan fingerprint density at radius 2 is 2.07 bits per heavy atom. The Morgan fingerprint density at radius 1 is 1.33 bits per heavy atom. The standard InChI is InChI=1S/C11H15FN2.ClH/c12-10-3-1-9(2-4-10)7-14-11-5-6-13-8-11;/h1-4,11,13-14H,5-8H2;1H/t11-;/m0./s1. The minimum atomic E-state index is -0.170. The van der Waals surface area contributed by atoms with Gasteiger partial charge in [-0.05, 0) is 30.7 Å². The summed E-state index contributed by atoms with van der Waals surface area (Å²) in [5.74, 6) is -0.170. The topological polar surface area (TPSA) is 24.1 Å². The monoisotopic (exact) mass is 230 g/mol. The predicted octanol–water partition coefficient (Wildman–Crippen LogP) is 1.70. The number of benzene rings is 1. The molecule has 1 heterocycles. The minimum Gasteiger partial charge on any atom is -0.315 e. The number of nitrogens with one attached hydrogen (secondary N) is 2. The van der Waals surface area contributed by atoms with Gasteiger partial charge in [0.15, 0.2) is 0 Å². The van der Waals surface area contributed by atoms with Crippen molar-refractivity contribution in [1.29, 1.82) is 0 Å². The van der Waals surface area contributed by atoms with E-state index in [9.17, 15) is 4.39 Å². The van der Waals surface area contributed by atoms with E-state index in [0.29, 0.717) is 6.04 Å². The fourth-order valence-electron chi connectivity index (χ4n) is 1.69. The van der Waals surface area contributed by atoms with Crippen molar-refractivity contribution in [3.05, 3.63) is 35.6 Å². The summed E-state index contributed by atoms with van der Waals surface area (Å²) >= 11 is 0. The summed E-state index contributed by atoms with van der Waals surface area (Å²) in [6.07, 6.45) is 1.18. The maximum absolute atomic E-state index is 12.6. The molecule has 0 unspecified atom stereocenters. The molecule has 1 aliphatic heterocycles. The summed E-state index contributed by atoms with van der Waals surface area (Å²) in [5, 5.41) is 6.73. The maximum atomic E-state index is 12.6. The highest BCUT2D eigenvalue weighted by molar-refractivity contribution is 5.85. The molecule has 2 N–H and O–H groups in total. The van der Waals surface area contributed by atoms with Crippen LogP contribution in [0.15, 0.2) is 24.3 Å². The maximum Gasteiger partial charge on any atom is 0.123 e. The van der Waals surface area contributed by atoms with Crippen molar-refractivity contribution >= 4 is 12.4 Å². The molecule has 0 saturated carbocycles. The van der Waals surface area contributed by atoms with Crippen molar-refractivity contribution in [1.82, 2.24) is 10.6 Å². The first-order chi connectivity index (χ1) is 6.84. The summed E-state index contributed by atoms with van der Waals surface area (Å²) in [4.78, 5) is 0. The first-order valence-electron chi connectivity index (χ1n) is 5.03. The fourth-order valence-corrected chi connectivity index (χ4v) is 1.69. The van der Waals surface area contributed by atoms with E-state index in [0.717, 1.165) is 25.2 Å². The third-order valence-corrected chi connectivity index (χ3v) is 2.57. The van der Waals surface area contributed by atoms with Gasteiger partial charge in [0.1, 0.15) is 5.82 Å². The highest BCUT2D eigenvalue weighted by Crippen LogP contribution is 2.04. The molecular weight excluding hydrogens is 215 g/mol. The average Bonchev–Trinajstić information content (AvgIpc) is 2.70. The lowest BCUT2D eigenvalue weighted by Gasteiger charge is -2.10. The lowest BCUT2D eigenvalue weighted by molar-refractivity contribution is 0.546. The Hall–Kier alpha value is -0.640. The fraction of sp³-hybridized carbons (Fsp3) is 0.455. The van der Waals surface area contributed by atoms with Crippen LogP contribution in [0.3, 0.4) is 0 Å². The molecule has 4 heteroatoms. The molecule has 2 nitrogen and oxygen atoms in total. The molecule has 0 radical (unpaired) electrons. The highest BCUT2D eigenvalue weighted by atomic mass is 35.5. The van der Waals surface area contributed by atoms with Crippen LogP contribution in [0.4, 0.5) is 4.39 Å². The highest BCUT2D eigenvalue weighted by Gasteiger charge is 2.12. The molecule has 1 aromatic rings. The summed E-state index contributed by atoms with van der Waals surface area (Å²) in [6.45, 7) is 2.97. The lowest BCUT2D eigenvalue weighted by atomic mass is 10.2. The number of halogens is 2. The van der Waals surface area contributed by atoms with Crippen LogP contribution >= 0.6 is 12.4 Å². The van der Waals surface area contributed by atoms with E-state index in [-0.39, 0.29) is 18.2 Å². The summed E-state index contributed by atoms with van der Waals surface area (Å²) in [6, 6.07) is 7.23. The smallest absolute Gasteiger partial charge is 0.123 e. The molecule has 2 rings (SSSR count). The molecule has 15 heavy (non-hydrogen) atoms. The van der Waals surface area contributed by atoms with Crippen molar-refractivity contribution in [3.63, 3.8) is 0 Å². The van der Waals surface area contributed by atoms with Gasteiger partial charge in [-0.1, -0.05) is 12.1 Å². The Balaban J connectivity index is 0.00000112. The second-order valence-electron chi connectivity index (χ2n) is 3.70. The van der Waals surface area contributed by atoms with E-state index < -0.39 is 0 Å². The van der Waals surface area contributed by atoms with E-state index in [4.69, 9.17) is 0 Å². The van der Waals surface area contributed by atoms with Crippen LogP contribution in [0.25, 0.3) is 0 Å². The van der Waals surface area contributed by atoms with Crippen molar-refractivity contribution in [2.45, 2.75) is 19.0 Å². The second-order valence-corrected chi connectivity index (χ2v) is 3.70.